The van der Waals surface area contributed by atoms with E-state index in [1.807, 2.05) is 0 Å². The molecule has 0 aliphatic heterocycles. The Bertz CT molecular complexity index is 184. The molecule has 0 bridgehead atoms. The van der Waals surface area contributed by atoms with Crippen LogP contribution in [0, 0.1) is 0 Å². The van der Waals surface area contributed by atoms with Crippen LogP contribution in [0.4, 0.5) is 0 Å². The fourth-order valence-corrected chi connectivity index (χ4v) is 2.58. The zero-order chi connectivity index (χ0) is 12.5. The number of nitrogens with one attached hydrogen (secondary N) is 1. The second-order valence-electron chi connectivity index (χ2n) is 4.88. The molecule has 0 aromatic rings. The van der Waals surface area contributed by atoms with Crippen LogP contribution in [0.3, 0.4) is 0 Å². The van der Waals surface area contributed by atoms with Gasteiger partial charge in [0.1, 0.15) is 0 Å². The number of aliphatic hydroxyl groups excluding tert-OH is 1. The average Bonchev–Trinajstić information content (AvgIpc) is 2.85. The minimum Gasteiger partial charge on any atom is -0.390 e. The molecule has 0 amide bonds. The molecule has 4 heteroatoms. The number of methoxy groups -OCH3 is 1. The Morgan fingerprint density at radius 1 is 1.41 bits per heavy atom. The molecule has 102 valence electrons. The number of likely N-dealkylation sites (N-methyl/N-ethyl adjacent to an activating group) is 1. The largest absolute Gasteiger partial charge is 0.390 e. The molecule has 0 radical (unpaired) electrons. The van der Waals surface area contributed by atoms with E-state index in [4.69, 9.17) is 4.74 Å². The molecule has 0 aromatic carbocycles. The van der Waals surface area contributed by atoms with Gasteiger partial charge in [-0.1, -0.05) is 19.8 Å². The SMILES string of the molecule is CCN(CC(O)CNCCOC)C1CCCC1. The van der Waals surface area contributed by atoms with Gasteiger partial charge in [-0.3, -0.25) is 4.90 Å². The Labute approximate surface area is 105 Å². The molecule has 1 atom stereocenters. The predicted octanol–water partition coefficient (Wildman–Crippen LogP) is 0.848. The highest BCUT2D eigenvalue weighted by atomic mass is 16.5. The van der Waals surface area contributed by atoms with Crippen LogP contribution in [0.1, 0.15) is 32.6 Å². The third kappa shape index (κ3) is 5.82. The van der Waals surface area contributed by atoms with Crippen molar-refractivity contribution in [1.82, 2.24) is 10.2 Å². The highest BCUT2D eigenvalue weighted by Gasteiger charge is 2.22. The first-order valence-electron chi connectivity index (χ1n) is 6.89. The van der Waals surface area contributed by atoms with Gasteiger partial charge in [0.2, 0.25) is 0 Å². The van der Waals surface area contributed by atoms with E-state index in [0.717, 1.165) is 19.6 Å². The van der Waals surface area contributed by atoms with E-state index >= 15 is 0 Å². The van der Waals surface area contributed by atoms with E-state index in [2.05, 4.69) is 17.1 Å². The summed E-state index contributed by atoms with van der Waals surface area (Å²) in [4.78, 5) is 2.43. The van der Waals surface area contributed by atoms with Crippen molar-refractivity contribution in [3.63, 3.8) is 0 Å². The number of aliphatic hydroxyl groups is 1. The molecule has 0 heterocycles. The van der Waals surface area contributed by atoms with E-state index in [9.17, 15) is 5.11 Å². The molecular formula is C13H28N2O2. The highest BCUT2D eigenvalue weighted by molar-refractivity contribution is 4.78. The third-order valence-corrected chi connectivity index (χ3v) is 3.56. The number of hydrogen-bond donors (Lipinski definition) is 2. The van der Waals surface area contributed by atoms with E-state index in [1.54, 1.807) is 7.11 Å². The smallest absolute Gasteiger partial charge is 0.0791 e. The lowest BCUT2D eigenvalue weighted by Gasteiger charge is -2.29. The summed E-state index contributed by atoms with van der Waals surface area (Å²) in [5.41, 5.74) is 0. The summed E-state index contributed by atoms with van der Waals surface area (Å²) < 4.78 is 4.95. The van der Waals surface area contributed by atoms with Crippen LogP contribution in [0.15, 0.2) is 0 Å². The summed E-state index contributed by atoms with van der Waals surface area (Å²) in [5, 5.41) is 13.2. The van der Waals surface area contributed by atoms with Gasteiger partial charge in [0, 0.05) is 32.8 Å². The van der Waals surface area contributed by atoms with Crippen molar-refractivity contribution < 1.29 is 9.84 Å². The summed E-state index contributed by atoms with van der Waals surface area (Å²) in [5.74, 6) is 0. The predicted molar refractivity (Wildman–Crippen MR) is 70.3 cm³/mol. The van der Waals surface area contributed by atoms with Gasteiger partial charge in [-0.25, -0.2) is 0 Å². The van der Waals surface area contributed by atoms with Crippen LogP contribution in [0.25, 0.3) is 0 Å². The average molecular weight is 244 g/mol. The van der Waals surface area contributed by atoms with Gasteiger partial charge in [0.05, 0.1) is 12.7 Å². The van der Waals surface area contributed by atoms with E-state index in [0.29, 0.717) is 19.2 Å². The van der Waals surface area contributed by atoms with Crippen LogP contribution in [-0.2, 0) is 4.74 Å². The summed E-state index contributed by atoms with van der Waals surface area (Å²) in [7, 11) is 1.69. The Morgan fingerprint density at radius 3 is 2.71 bits per heavy atom. The first-order chi connectivity index (χ1) is 8.27. The molecule has 1 aliphatic rings. The van der Waals surface area contributed by atoms with Crippen molar-refractivity contribution in [3.8, 4) is 0 Å². The summed E-state index contributed by atoms with van der Waals surface area (Å²) in [6.07, 6.45) is 5.04. The molecule has 0 saturated heterocycles. The van der Waals surface area contributed by atoms with Crippen molar-refractivity contribution in [2.75, 3.05) is 39.9 Å². The van der Waals surface area contributed by atoms with Crippen LogP contribution in [0.2, 0.25) is 0 Å². The van der Waals surface area contributed by atoms with Crippen molar-refractivity contribution >= 4 is 0 Å². The maximum atomic E-state index is 9.97. The fourth-order valence-electron chi connectivity index (χ4n) is 2.58. The zero-order valence-electron chi connectivity index (χ0n) is 11.3. The molecule has 4 nitrogen and oxygen atoms in total. The first kappa shape index (κ1) is 14.9. The van der Waals surface area contributed by atoms with Crippen LogP contribution < -0.4 is 5.32 Å². The topological polar surface area (TPSA) is 44.7 Å². The lowest BCUT2D eigenvalue weighted by Crippen LogP contribution is -2.43. The summed E-state index contributed by atoms with van der Waals surface area (Å²) >= 11 is 0. The second kappa shape index (κ2) is 8.86. The molecule has 0 spiro atoms. The number of ether oxygens (including phenoxy) is 1. The molecule has 1 saturated carbocycles. The molecule has 1 unspecified atom stereocenters. The minimum atomic E-state index is -0.271. The fraction of sp³-hybridized carbons (Fsp3) is 1.00. The Morgan fingerprint density at radius 2 is 2.12 bits per heavy atom. The summed E-state index contributed by atoms with van der Waals surface area (Å²) in [6.45, 7) is 6.19. The Balaban J connectivity index is 2.15. The number of hydrogen-bond acceptors (Lipinski definition) is 4. The maximum Gasteiger partial charge on any atom is 0.0791 e. The van der Waals surface area contributed by atoms with Crippen LogP contribution in [-0.4, -0.2) is 62.0 Å². The molecule has 17 heavy (non-hydrogen) atoms. The van der Waals surface area contributed by atoms with E-state index < -0.39 is 0 Å². The lowest BCUT2D eigenvalue weighted by atomic mass is 10.2. The molecule has 0 aromatic heterocycles. The molecule has 2 N–H and O–H groups in total. The van der Waals surface area contributed by atoms with Gasteiger partial charge >= 0.3 is 0 Å². The van der Waals surface area contributed by atoms with Crippen molar-refractivity contribution in [1.29, 1.82) is 0 Å². The van der Waals surface area contributed by atoms with Gasteiger partial charge in [-0.2, -0.15) is 0 Å². The summed E-state index contributed by atoms with van der Waals surface area (Å²) in [6, 6.07) is 0.702. The van der Waals surface area contributed by atoms with Gasteiger partial charge in [0.25, 0.3) is 0 Å². The Kier molecular flexibility index (Phi) is 7.77. The van der Waals surface area contributed by atoms with E-state index in [1.165, 1.54) is 25.7 Å². The van der Waals surface area contributed by atoms with Gasteiger partial charge < -0.3 is 15.2 Å². The highest BCUT2D eigenvalue weighted by Crippen LogP contribution is 2.23. The van der Waals surface area contributed by atoms with E-state index in [-0.39, 0.29) is 6.10 Å². The molecular weight excluding hydrogens is 216 g/mol. The van der Waals surface area contributed by atoms with Gasteiger partial charge in [-0.05, 0) is 19.4 Å². The van der Waals surface area contributed by atoms with Crippen molar-refractivity contribution in [2.24, 2.45) is 0 Å². The van der Waals surface area contributed by atoms with Gasteiger partial charge in [0.15, 0.2) is 0 Å². The molecule has 1 aliphatic carbocycles. The zero-order valence-corrected chi connectivity index (χ0v) is 11.3. The minimum absolute atomic E-state index is 0.271. The van der Waals surface area contributed by atoms with Gasteiger partial charge in [-0.15, -0.1) is 0 Å². The quantitative estimate of drug-likeness (QED) is 0.590. The standard InChI is InChI=1S/C13H28N2O2/c1-3-15(12-6-4-5-7-12)11-13(16)10-14-8-9-17-2/h12-14,16H,3-11H2,1-2H3. The number of nitrogens with zero attached hydrogens (tertiary/aromatic N) is 1. The normalized spacial score (nSPS) is 19.1. The van der Waals surface area contributed by atoms with Crippen molar-refractivity contribution in [2.45, 2.75) is 44.8 Å². The van der Waals surface area contributed by atoms with Crippen molar-refractivity contribution in [3.05, 3.63) is 0 Å². The first-order valence-corrected chi connectivity index (χ1v) is 6.89. The molecule has 1 fully saturated rings. The second-order valence-corrected chi connectivity index (χ2v) is 4.88. The monoisotopic (exact) mass is 244 g/mol. The van der Waals surface area contributed by atoms with Crippen LogP contribution >= 0.6 is 0 Å². The van der Waals surface area contributed by atoms with Crippen LogP contribution in [0.5, 0.6) is 0 Å². The third-order valence-electron chi connectivity index (χ3n) is 3.56. The Hall–Kier alpha value is -0.160. The lowest BCUT2D eigenvalue weighted by molar-refractivity contribution is 0.0888. The number of rotatable bonds is 9. The molecule has 1 rings (SSSR count). The maximum absolute atomic E-state index is 9.97.